The Hall–Kier alpha value is -0.0800. The summed E-state index contributed by atoms with van der Waals surface area (Å²) in [4.78, 5) is 0. The minimum absolute atomic E-state index is 0.582. The predicted octanol–water partition coefficient (Wildman–Crippen LogP) is 1.66. The SMILES string of the molecule is CC.CC(C)C1COCCN1. The maximum Gasteiger partial charge on any atom is 0.0622 e. The van der Waals surface area contributed by atoms with Crippen molar-refractivity contribution in [3.63, 3.8) is 0 Å². The van der Waals surface area contributed by atoms with Crippen LogP contribution in [-0.4, -0.2) is 25.8 Å². The second-order valence-corrected chi connectivity index (χ2v) is 2.88. The number of hydrogen-bond acceptors (Lipinski definition) is 2. The Labute approximate surface area is 70.3 Å². The Morgan fingerprint density at radius 2 is 2.00 bits per heavy atom. The molecule has 1 heterocycles. The number of morpholine rings is 1. The highest BCUT2D eigenvalue weighted by Gasteiger charge is 2.15. The van der Waals surface area contributed by atoms with Crippen molar-refractivity contribution < 1.29 is 4.74 Å². The Morgan fingerprint density at radius 1 is 1.36 bits per heavy atom. The van der Waals surface area contributed by atoms with E-state index in [0.29, 0.717) is 12.0 Å². The van der Waals surface area contributed by atoms with Crippen LogP contribution < -0.4 is 5.32 Å². The molecule has 0 saturated carbocycles. The highest BCUT2D eigenvalue weighted by atomic mass is 16.5. The van der Waals surface area contributed by atoms with E-state index in [1.807, 2.05) is 13.8 Å². The minimum Gasteiger partial charge on any atom is -0.379 e. The van der Waals surface area contributed by atoms with Gasteiger partial charge in [-0.15, -0.1) is 0 Å². The average Bonchev–Trinajstić information content (AvgIpc) is 2.10. The van der Waals surface area contributed by atoms with Crippen molar-refractivity contribution in [2.45, 2.75) is 33.7 Å². The summed E-state index contributed by atoms with van der Waals surface area (Å²) in [5, 5.41) is 3.39. The highest BCUT2D eigenvalue weighted by Crippen LogP contribution is 2.04. The van der Waals surface area contributed by atoms with Crippen molar-refractivity contribution in [3.8, 4) is 0 Å². The lowest BCUT2D eigenvalue weighted by atomic mass is 10.1. The summed E-state index contributed by atoms with van der Waals surface area (Å²) >= 11 is 0. The molecule has 2 nitrogen and oxygen atoms in total. The van der Waals surface area contributed by atoms with Crippen LogP contribution in [0.25, 0.3) is 0 Å². The van der Waals surface area contributed by atoms with Gasteiger partial charge in [0.2, 0.25) is 0 Å². The minimum atomic E-state index is 0.582. The molecule has 68 valence electrons. The van der Waals surface area contributed by atoms with Crippen LogP contribution in [0.15, 0.2) is 0 Å². The molecule has 1 rings (SSSR count). The van der Waals surface area contributed by atoms with Crippen molar-refractivity contribution in [1.82, 2.24) is 5.32 Å². The van der Waals surface area contributed by atoms with Gasteiger partial charge in [-0.05, 0) is 5.92 Å². The molecule has 0 amide bonds. The van der Waals surface area contributed by atoms with E-state index in [4.69, 9.17) is 4.74 Å². The maximum atomic E-state index is 5.28. The van der Waals surface area contributed by atoms with Crippen molar-refractivity contribution in [2.24, 2.45) is 5.92 Å². The van der Waals surface area contributed by atoms with Crippen molar-refractivity contribution >= 4 is 0 Å². The first-order chi connectivity index (χ1) is 5.30. The molecule has 0 bridgehead atoms. The third-order valence-corrected chi connectivity index (χ3v) is 1.76. The van der Waals surface area contributed by atoms with Crippen LogP contribution in [0.4, 0.5) is 0 Å². The van der Waals surface area contributed by atoms with E-state index in [1.165, 1.54) is 0 Å². The zero-order chi connectivity index (χ0) is 8.69. The lowest BCUT2D eigenvalue weighted by Gasteiger charge is -2.26. The molecule has 1 saturated heterocycles. The van der Waals surface area contributed by atoms with Crippen molar-refractivity contribution in [3.05, 3.63) is 0 Å². The van der Waals surface area contributed by atoms with Crippen LogP contribution in [0.3, 0.4) is 0 Å². The van der Waals surface area contributed by atoms with Gasteiger partial charge in [-0.3, -0.25) is 0 Å². The summed E-state index contributed by atoms with van der Waals surface area (Å²) in [6.07, 6.45) is 0. The van der Waals surface area contributed by atoms with Crippen LogP contribution >= 0.6 is 0 Å². The van der Waals surface area contributed by atoms with Crippen molar-refractivity contribution in [1.29, 1.82) is 0 Å². The second-order valence-electron chi connectivity index (χ2n) is 2.88. The van der Waals surface area contributed by atoms with E-state index in [9.17, 15) is 0 Å². The van der Waals surface area contributed by atoms with Crippen LogP contribution in [-0.2, 0) is 4.74 Å². The van der Waals surface area contributed by atoms with Crippen LogP contribution in [0.1, 0.15) is 27.7 Å². The lowest BCUT2D eigenvalue weighted by molar-refractivity contribution is 0.0623. The third-order valence-electron chi connectivity index (χ3n) is 1.76. The summed E-state index contributed by atoms with van der Waals surface area (Å²) < 4.78 is 5.28. The molecule has 0 radical (unpaired) electrons. The summed E-state index contributed by atoms with van der Waals surface area (Å²) in [6, 6.07) is 0.582. The smallest absolute Gasteiger partial charge is 0.0622 e. The van der Waals surface area contributed by atoms with E-state index in [1.54, 1.807) is 0 Å². The lowest BCUT2D eigenvalue weighted by Crippen LogP contribution is -2.44. The highest BCUT2D eigenvalue weighted by molar-refractivity contribution is 4.72. The molecule has 1 unspecified atom stereocenters. The Morgan fingerprint density at radius 3 is 2.27 bits per heavy atom. The first-order valence-electron chi connectivity index (χ1n) is 4.62. The molecule has 1 fully saturated rings. The normalized spacial score (nSPS) is 24.3. The van der Waals surface area contributed by atoms with Gasteiger partial charge in [0.1, 0.15) is 0 Å². The van der Waals surface area contributed by atoms with E-state index in [0.717, 1.165) is 19.8 Å². The fourth-order valence-corrected chi connectivity index (χ4v) is 1.01. The van der Waals surface area contributed by atoms with Gasteiger partial charge in [-0.1, -0.05) is 27.7 Å². The fraction of sp³-hybridized carbons (Fsp3) is 1.00. The van der Waals surface area contributed by atoms with Gasteiger partial charge in [0.15, 0.2) is 0 Å². The van der Waals surface area contributed by atoms with E-state index < -0.39 is 0 Å². The molecule has 1 atom stereocenters. The molecule has 11 heavy (non-hydrogen) atoms. The van der Waals surface area contributed by atoms with E-state index in [-0.39, 0.29) is 0 Å². The molecule has 1 aliphatic heterocycles. The van der Waals surface area contributed by atoms with Gasteiger partial charge in [0, 0.05) is 12.6 Å². The summed E-state index contributed by atoms with van der Waals surface area (Å²) in [5.41, 5.74) is 0. The third kappa shape index (κ3) is 4.38. The largest absolute Gasteiger partial charge is 0.379 e. The quantitative estimate of drug-likeness (QED) is 0.628. The molecular formula is C9H21NO. The summed E-state index contributed by atoms with van der Waals surface area (Å²) in [7, 11) is 0. The predicted molar refractivity (Wildman–Crippen MR) is 48.8 cm³/mol. The Balaban J connectivity index is 0.000000461. The number of hydrogen-bond donors (Lipinski definition) is 1. The van der Waals surface area contributed by atoms with Gasteiger partial charge >= 0.3 is 0 Å². The molecule has 2 heteroatoms. The topological polar surface area (TPSA) is 21.3 Å². The summed E-state index contributed by atoms with van der Waals surface area (Å²) in [6.45, 7) is 11.2. The Bertz CT molecular complexity index is 77.6. The second kappa shape index (κ2) is 6.62. The molecule has 0 spiro atoms. The van der Waals surface area contributed by atoms with E-state index >= 15 is 0 Å². The molecule has 0 aromatic heterocycles. The number of nitrogens with one attached hydrogen (secondary N) is 1. The number of rotatable bonds is 1. The Kier molecular flexibility index (Phi) is 6.57. The molecule has 0 aliphatic carbocycles. The maximum absolute atomic E-state index is 5.28. The molecule has 1 aliphatic rings. The monoisotopic (exact) mass is 159 g/mol. The fourth-order valence-electron chi connectivity index (χ4n) is 1.01. The van der Waals surface area contributed by atoms with Crippen LogP contribution in [0.2, 0.25) is 0 Å². The van der Waals surface area contributed by atoms with Gasteiger partial charge < -0.3 is 10.1 Å². The zero-order valence-corrected chi connectivity index (χ0v) is 8.18. The first kappa shape index (κ1) is 10.9. The molecular weight excluding hydrogens is 138 g/mol. The molecule has 0 aromatic rings. The van der Waals surface area contributed by atoms with Crippen LogP contribution in [0.5, 0.6) is 0 Å². The van der Waals surface area contributed by atoms with Gasteiger partial charge in [0.25, 0.3) is 0 Å². The standard InChI is InChI=1S/C7H15NO.C2H6/c1-6(2)7-5-9-4-3-8-7;1-2/h6-8H,3-5H2,1-2H3;1-2H3. The molecule has 1 N–H and O–H groups in total. The van der Waals surface area contributed by atoms with Crippen molar-refractivity contribution in [2.75, 3.05) is 19.8 Å². The van der Waals surface area contributed by atoms with Gasteiger partial charge in [-0.25, -0.2) is 0 Å². The van der Waals surface area contributed by atoms with Gasteiger partial charge in [-0.2, -0.15) is 0 Å². The average molecular weight is 159 g/mol. The number of ether oxygens (including phenoxy) is 1. The van der Waals surface area contributed by atoms with Crippen LogP contribution in [0, 0.1) is 5.92 Å². The first-order valence-corrected chi connectivity index (χ1v) is 4.62. The summed E-state index contributed by atoms with van der Waals surface area (Å²) in [5.74, 6) is 0.699. The zero-order valence-electron chi connectivity index (χ0n) is 8.18. The molecule has 0 aromatic carbocycles. The van der Waals surface area contributed by atoms with E-state index in [2.05, 4.69) is 19.2 Å². The van der Waals surface area contributed by atoms with Gasteiger partial charge in [0.05, 0.1) is 13.2 Å².